The largest absolute Gasteiger partial charge is 0.397 e. The average molecular weight is 287 g/mol. The molecule has 0 radical (unpaired) electrons. The molecule has 5 heteroatoms. The van der Waals surface area contributed by atoms with Crippen molar-refractivity contribution >= 4 is 27.4 Å². The summed E-state index contributed by atoms with van der Waals surface area (Å²) >= 11 is 3.50. The SMILES string of the molecule is CCN(C)CCNc1ncc(N)c(C)c1Br. The number of hydrogen-bond acceptors (Lipinski definition) is 4. The molecule has 0 aliphatic heterocycles. The van der Waals surface area contributed by atoms with Crippen LogP contribution in [-0.2, 0) is 0 Å². The zero-order valence-electron chi connectivity index (χ0n) is 10.0. The number of pyridine rings is 1. The number of nitrogens with two attached hydrogens (primary N) is 1. The molecule has 16 heavy (non-hydrogen) atoms. The van der Waals surface area contributed by atoms with Gasteiger partial charge >= 0.3 is 0 Å². The highest BCUT2D eigenvalue weighted by Gasteiger charge is 2.06. The molecule has 90 valence electrons. The number of nitrogens with one attached hydrogen (secondary N) is 1. The van der Waals surface area contributed by atoms with Crippen molar-refractivity contribution in [3.05, 3.63) is 16.2 Å². The van der Waals surface area contributed by atoms with Crippen molar-refractivity contribution in [2.45, 2.75) is 13.8 Å². The summed E-state index contributed by atoms with van der Waals surface area (Å²) in [5.74, 6) is 0.858. The van der Waals surface area contributed by atoms with Crippen molar-refractivity contribution in [2.24, 2.45) is 0 Å². The van der Waals surface area contributed by atoms with E-state index in [2.05, 4.69) is 45.1 Å². The second-order valence-electron chi connectivity index (χ2n) is 3.82. The minimum atomic E-state index is 0.711. The standard InChI is InChI=1S/C11H19BrN4/c1-4-16(3)6-5-14-11-10(12)8(2)9(13)7-15-11/h7H,4-6,13H2,1-3H3,(H,14,15). The summed E-state index contributed by atoms with van der Waals surface area (Å²) in [7, 11) is 2.10. The van der Waals surface area contributed by atoms with Gasteiger partial charge in [-0.05, 0) is 42.0 Å². The first-order chi connectivity index (χ1) is 7.56. The maximum Gasteiger partial charge on any atom is 0.140 e. The first-order valence-electron chi connectivity index (χ1n) is 5.39. The summed E-state index contributed by atoms with van der Waals surface area (Å²) in [5.41, 5.74) is 7.50. The van der Waals surface area contributed by atoms with Crippen LogP contribution in [0.2, 0.25) is 0 Å². The molecule has 0 atom stereocenters. The van der Waals surface area contributed by atoms with Crippen molar-refractivity contribution in [2.75, 3.05) is 37.7 Å². The molecular weight excluding hydrogens is 268 g/mol. The van der Waals surface area contributed by atoms with Crippen LogP contribution in [0, 0.1) is 6.92 Å². The van der Waals surface area contributed by atoms with E-state index in [1.807, 2.05) is 6.92 Å². The van der Waals surface area contributed by atoms with Crippen LogP contribution in [0.3, 0.4) is 0 Å². The summed E-state index contributed by atoms with van der Waals surface area (Å²) in [6.07, 6.45) is 1.69. The molecule has 0 amide bonds. The van der Waals surface area contributed by atoms with E-state index in [9.17, 15) is 0 Å². The van der Waals surface area contributed by atoms with E-state index in [4.69, 9.17) is 5.73 Å². The molecule has 1 heterocycles. The Morgan fingerprint density at radius 2 is 2.25 bits per heavy atom. The van der Waals surface area contributed by atoms with Crippen molar-refractivity contribution < 1.29 is 0 Å². The van der Waals surface area contributed by atoms with Gasteiger partial charge in [-0.2, -0.15) is 0 Å². The third kappa shape index (κ3) is 3.35. The third-order valence-corrected chi connectivity index (χ3v) is 3.60. The fourth-order valence-electron chi connectivity index (χ4n) is 1.24. The highest BCUT2D eigenvalue weighted by molar-refractivity contribution is 9.10. The van der Waals surface area contributed by atoms with Crippen molar-refractivity contribution in [3.8, 4) is 0 Å². The van der Waals surface area contributed by atoms with Gasteiger partial charge in [-0.25, -0.2) is 4.98 Å². The van der Waals surface area contributed by atoms with Crippen LogP contribution in [0.5, 0.6) is 0 Å². The summed E-state index contributed by atoms with van der Waals surface area (Å²) in [4.78, 5) is 6.50. The molecule has 1 rings (SSSR count). The maximum atomic E-state index is 5.76. The number of nitrogens with zero attached hydrogens (tertiary/aromatic N) is 2. The molecule has 4 nitrogen and oxygen atoms in total. The fraction of sp³-hybridized carbons (Fsp3) is 0.545. The number of hydrogen-bond donors (Lipinski definition) is 2. The van der Waals surface area contributed by atoms with E-state index >= 15 is 0 Å². The number of likely N-dealkylation sites (N-methyl/N-ethyl adjacent to an activating group) is 1. The Bertz CT molecular complexity index is 354. The number of aromatic nitrogens is 1. The van der Waals surface area contributed by atoms with Crippen LogP contribution in [-0.4, -0.2) is 36.6 Å². The minimum absolute atomic E-state index is 0.711. The smallest absolute Gasteiger partial charge is 0.140 e. The predicted octanol–water partition coefficient (Wildman–Crippen LogP) is 2.10. The van der Waals surface area contributed by atoms with E-state index in [0.29, 0.717) is 5.69 Å². The Morgan fingerprint density at radius 1 is 1.56 bits per heavy atom. The van der Waals surface area contributed by atoms with Crippen LogP contribution < -0.4 is 11.1 Å². The molecule has 1 aromatic rings. The molecule has 0 fully saturated rings. The molecule has 0 aliphatic carbocycles. The Morgan fingerprint density at radius 3 is 2.88 bits per heavy atom. The van der Waals surface area contributed by atoms with E-state index in [0.717, 1.165) is 35.5 Å². The van der Waals surface area contributed by atoms with Gasteiger partial charge in [0.25, 0.3) is 0 Å². The quantitative estimate of drug-likeness (QED) is 0.871. The lowest BCUT2D eigenvalue weighted by Crippen LogP contribution is -2.25. The topological polar surface area (TPSA) is 54.2 Å². The maximum absolute atomic E-state index is 5.76. The molecular formula is C11H19BrN4. The Balaban J connectivity index is 2.58. The third-order valence-electron chi connectivity index (χ3n) is 2.63. The van der Waals surface area contributed by atoms with Crippen LogP contribution >= 0.6 is 15.9 Å². The summed E-state index contributed by atoms with van der Waals surface area (Å²) in [6, 6.07) is 0. The Labute approximate surface area is 105 Å². The van der Waals surface area contributed by atoms with Crippen LogP contribution in [0.1, 0.15) is 12.5 Å². The normalized spacial score (nSPS) is 10.8. The molecule has 1 aromatic heterocycles. The van der Waals surface area contributed by atoms with Crippen molar-refractivity contribution in [3.63, 3.8) is 0 Å². The highest BCUT2D eigenvalue weighted by Crippen LogP contribution is 2.27. The molecule has 0 unspecified atom stereocenters. The second kappa shape index (κ2) is 6.06. The lowest BCUT2D eigenvalue weighted by molar-refractivity contribution is 0.367. The van der Waals surface area contributed by atoms with Crippen LogP contribution in [0.25, 0.3) is 0 Å². The first kappa shape index (κ1) is 13.3. The lowest BCUT2D eigenvalue weighted by Gasteiger charge is -2.15. The zero-order chi connectivity index (χ0) is 12.1. The van der Waals surface area contributed by atoms with Gasteiger partial charge in [-0.15, -0.1) is 0 Å². The van der Waals surface area contributed by atoms with Gasteiger partial charge in [-0.1, -0.05) is 6.92 Å². The van der Waals surface area contributed by atoms with Gasteiger partial charge < -0.3 is 16.0 Å². The first-order valence-corrected chi connectivity index (χ1v) is 6.18. The van der Waals surface area contributed by atoms with Gasteiger partial charge in [0.15, 0.2) is 0 Å². The number of anilines is 2. The number of nitrogen functional groups attached to an aromatic ring is 1. The van der Waals surface area contributed by atoms with Crippen molar-refractivity contribution in [1.82, 2.24) is 9.88 Å². The molecule has 0 bridgehead atoms. The summed E-state index contributed by atoms with van der Waals surface area (Å²) in [5, 5.41) is 3.29. The molecule has 0 aromatic carbocycles. The van der Waals surface area contributed by atoms with Crippen LogP contribution in [0.4, 0.5) is 11.5 Å². The zero-order valence-corrected chi connectivity index (χ0v) is 11.6. The van der Waals surface area contributed by atoms with Gasteiger partial charge in [0.2, 0.25) is 0 Å². The molecule has 3 N–H and O–H groups in total. The second-order valence-corrected chi connectivity index (χ2v) is 4.62. The molecule has 0 spiro atoms. The number of halogens is 1. The lowest BCUT2D eigenvalue weighted by atomic mass is 10.2. The fourth-order valence-corrected chi connectivity index (χ4v) is 1.71. The van der Waals surface area contributed by atoms with Crippen molar-refractivity contribution in [1.29, 1.82) is 0 Å². The predicted molar refractivity (Wildman–Crippen MR) is 72.7 cm³/mol. The Kier molecular flexibility index (Phi) is 5.02. The van der Waals surface area contributed by atoms with Gasteiger partial charge in [0.1, 0.15) is 5.82 Å². The van der Waals surface area contributed by atoms with Gasteiger partial charge in [0.05, 0.1) is 16.4 Å². The van der Waals surface area contributed by atoms with E-state index in [1.165, 1.54) is 0 Å². The average Bonchev–Trinajstić information content (AvgIpc) is 2.29. The van der Waals surface area contributed by atoms with Crippen LogP contribution in [0.15, 0.2) is 10.7 Å². The summed E-state index contributed by atoms with van der Waals surface area (Å²) < 4.78 is 0.951. The molecule has 0 saturated heterocycles. The van der Waals surface area contributed by atoms with E-state index in [-0.39, 0.29) is 0 Å². The summed E-state index contributed by atoms with van der Waals surface area (Å²) in [6.45, 7) is 7.04. The molecule has 0 saturated carbocycles. The number of rotatable bonds is 5. The van der Waals surface area contributed by atoms with Gasteiger partial charge in [0, 0.05) is 13.1 Å². The van der Waals surface area contributed by atoms with E-state index < -0.39 is 0 Å². The monoisotopic (exact) mass is 286 g/mol. The molecule has 0 aliphatic rings. The Hall–Kier alpha value is -0.810. The minimum Gasteiger partial charge on any atom is -0.397 e. The van der Waals surface area contributed by atoms with Gasteiger partial charge in [-0.3, -0.25) is 0 Å². The van der Waals surface area contributed by atoms with E-state index in [1.54, 1.807) is 6.20 Å². The highest BCUT2D eigenvalue weighted by atomic mass is 79.9.